The third kappa shape index (κ3) is 6.21. The van der Waals surface area contributed by atoms with Crippen molar-refractivity contribution >= 4 is 15.9 Å². The van der Waals surface area contributed by atoms with E-state index in [0.717, 1.165) is 25.9 Å². The first kappa shape index (κ1) is 24.0. The van der Waals surface area contributed by atoms with Crippen molar-refractivity contribution in [1.82, 2.24) is 14.9 Å². The lowest BCUT2D eigenvalue weighted by atomic mass is 10.1. The molecule has 2 N–H and O–H groups in total. The standard InChI is InChI=1S/C23H31N3O5S/c1-30-21-11-10-19(16-22(21)31-2)32(28,29)25-13-12-23(27)24-17-20(26-14-6-7-15-26)18-8-4-3-5-9-18/h3-5,8-11,16,20,25H,6-7,12-15,17H2,1-2H3,(H,24,27). The third-order valence-corrected chi connectivity index (χ3v) is 7.03. The molecular formula is C23H31N3O5S. The molecular weight excluding hydrogens is 430 g/mol. The van der Waals surface area contributed by atoms with Crippen LogP contribution in [0.3, 0.4) is 0 Å². The summed E-state index contributed by atoms with van der Waals surface area (Å²) in [5, 5.41) is 2.97. The predicted octanol–water partition coefficient (Wildman–Crippen LogP) is 2.33. The molecule has 0 bridgehead atoms. The molecule has 1 saturated heterocycles. The number of sulfonamides is 1. The zero-order valence-electron chi connectivity index (χ0n) is 18.5. The summed E-state index contributed by atoms with van der Waals surface area (Å²) in [6.07, 6.45) is 2.37. The van der Waals surface area contributed by atoms with Crippen LogP contribution in [0.5, 0.6) is 11.5 Å². The van der Waals surface area contributed by atoms with Gasteiger partial charge in [-0.05, 0) is 43.6 Å². The molecule has 0 radical (unpaired) electrons. The van der Waals surface area contributed by atoms with Gasteiger partial charge in [0, 0.05) is 25.6 Å². The van der Waals surface area contributed by atoms with E-state index in [0.29, 0.717) is 18.0 Å². The first-order chi connectivity index (χ1) is 15.4. The molecule has 1 unspecified atom stereocenters. The summed E-state index contributed by atoms with van der Waals surface area (Å²) >= 11 is 0. The highest BCUT2D eigenvalue weighted by Crippen LogP contribution is 2.29. The molecule has 9 heteroatoms. The van der Waals surface area contributed by atoms with E-state index in [1.807, 2.05) is 18.2 Å². The van der Waals surface area contributed by atoms with Crippen molar-refractivity contribution < 1.29 is 22.7 Å². The van der Waals surface area contributed by atoms with Crippen molar-refractivity contribution in [2.45, 2.75) is 30.2 Å². The lowest BCUT2D eigenvalue weighted by Crippen LogP contribution is -2.38. The summed E-state index contributed by atoms with van der Waals surface area (Å²) in [6, 6.07) is 14.6. The minimum atomic E-state index is -3.77. The van der Waals surface area contributed by atoms with Crippen molar-refractivity contribution in [1.29, 1.82) is 0 Å². The van der Waals surface area contributed by atoms with E-state index in [1.165, 1.54) is 38.0 Å². The molecule has 3 rings (SSSR count). The van der Waals surface area contributed by atoms with E-state index in [2.05, 4.69) is 27.1 Å². The molecule has 1 atom stereocenters. The molecule has 2 aromatic rings. The fourth-order valence-electron chi connectivity index (χ4n) is 3.85. The second-order valence-corrected chi connectivity index (χ2v) is 9.41. The number of rotatable bonds is 11. The van der Waals surface area contributed by atoms with Gasteiger partial charge in [0.25, 0.3) is 0 Å². The van der Waals surface area contributed by atoms with Gasteiger partial charge in [-0.15, -0.1) is 0 Å². The summed E-state index contributed by atoms with van der Waals surface area (Å²) in [6.45, 7) is 2.52. The molecule has 1 heterocycles. The van der Waals surface area contributed by atoms with Crippen LogP contribution >= 0.6 is 0 Å². The highest BCUT2D eigenvalue weighted by Gasteiger charge is 2.24. The smallest absolute Gasteiger partial charge is 0.240 e. The Morgan fingerprint density at radius 3 is 2.38 bits per heavy atom. The number of carbonyl (C=O) groups is 1. The molecule has 1 aliphatic rings. The van der Waals surface area contributed by atoms with Gasteiger partial charge in [-0.2, -0.15) is 0 Å². The molecule has 0 aromatic heterocycles. The van der Waals surface area contributed by atoms with Crippen LogP contribution in [0, 0.1) is 0 Å². The minimum absolute atomic E-state index is 0.00221. The highest BCUT2D eigenvalue weighted by molar-refractivity contribution is 7.89. The number of benzene rings is 2. The van der Waals surface area contributed by atoms with Crippen LogP contribution in [0.4, 0.5) is 0 Å². The average Bonchev–Trinajstić information content (AvgIpc) is 3.34. The van der Waals surface area contributed by atoms with Crippen molar-refractivity contribution in [3.05, 3.63) is 54.1 Å². The molecule has 1 fully saturated rings. The Morgan fingerprint density at radius 2 is 1.72 bits per heavy atom. The summed E-state index contributed by atoms with van der Waals surface area (Å²) in [5.41, 5.74) is 1.17. The lowest BCUT2D eigenvalue weighted by molar-refractivity contribution is -0.121. The van der Waals surface area contributed by atoms with E-state index in [4.69, 9.17) is 9.47 Å². The minimum Gasteiger partial charge on any atom is -0.493 e. The number of hydrogen-bond acceptors (Lipinski definition) is 6. The van der Waals surface area contributed by atoms with Crippen LogP contribution < -0.4 is 19.5 Å². The number of hydrogen-bond donors (Lipinski definition) is 2. The maximum atomic E-state index is 12.6. The van der Waals surface area contributed by atoms with E-state index < -0.39 is 10.0 Å². The quantitative estimate of drug-likeness (QED) is 0.533. The number of amides is 1. The number of likely N-dealkylation sites (tertiary alicyclic amines) is 1. The van der Waals surface area contributed by atoms with Crippen LogP contribution in [0.25, 0.3) is 0 Å². The van der Waals surface area contributed by atoms with Gasteiger partial charge < -0.3 is 14.8 Å². The molecule has 32 heavy (non-hydrogen) atoms. The van der Waals surface area contributed by atoms with Gasteiger partial charge in [-0.1, -0.05) is 30.3 Å². The van der Waals surface area contributed by atoms with E-state index in [9.17, 15) is 13.2 Å². The van der Waals surface area contributed by atoms with Crippen molar-refractivity contribution in [3.8, 4) is 11.5 Å². The maximum Gasteiger partial charge on any atom is 0.240 e. The number of nitrogens with one attached hydrogen (secondary N) is 2. The van der Waals surface area contributed by atoms with Crippen LogP contribution in [-0.2, 0) is 14.8 Å². The second kappa shape index (κ2) is 11.3. The molecule has 174 valence electrons. The van der Waals surface area contributed by atoms with Crippen molar-refractivity contribution in [3.63, 3.8) is 0 Å². The van der Waals surface area contributed by atoms with Gasteiger partial charge >= 0.3 is 0 Å². The number of nitrogens with zero attached hydrogens (tertiary/aromatic N) is 1. The Hall–Kier alpha value is -2.62. The summed E-state index contributed by atoms with van der Waals surface area (Å²) in [4.78, 5) is 14.8. The Kier molecular flexibility index (Phi) is 8.49. The molecule has 8 nitrogen and oxygen atoms in total. The lowest BCUT2D eigenvalue weighted by Gasteiger charge is -2.28. The summed E-state index contributed by atoms with van der Waals surface area (Å²) in [7, 11) is -0.852. The van der Waals surface area contributed by atoms with Gasteiger partial charge in [0.05, 0.1) is 25.2 Å². The normalized spacial score (nSPS) is 15.3. The SMILES string of the molecule is COc1ccc(S(=O)(=O)NCCC(=O)NCC(c2ccccc2)N2CCCC2)cc1OC. The predicted molar refractivity (Wildman–Crippen MR) is 122 cm³/mol. The first-order valence-corrected chi connectivity index (χ1v) is 12.2. The number of methoxy groups -OCH3 is 2. The van der Waals surface area contributed by atoms with E-state index in [1.54, 1.807) is 0 Å². The molecule has 1 aliphatic heterocycles. The second-order valence-electron chi connectivity index (χ2n) is 7.64. The molecule has 0 spiro atoms. The Bertz CT molecular complexity index is 992. The van der Waals surface area contributed by atoms with Crippen LogP contribution in [0.2, 0.25) is 0 Å². The van der Waals surface area contributed by atoms with Crippen LogP contribution in [-0.4, -0.2) is 59.6 Å². The summed E-state index contributed by atoms with van der Waals surface area (Å²) < 4.78 is 37.9. The van der Waals surface area contributed by atoms with Crippen LogP contribution in [0.1, 0.15) is 30.9 Å². The largest absolute Gasteiger partial charge is 0.493 e. The van der Waals surface area contributed by atoms with Gasteiger partial charge in [0.15, 0.2) is 11.5 Å². The van der Waals surface area contributed by atoms with Gasteiger partial charge in [0.2, 0.25) is 15.9 Å². The molecule has 0 aliphatic carbocycles. The highest BCUT2D eigenvalue weighted by atomic mass is 32.2. The Labute approximate surface area is 190 Å². The Morgan fingerprint density at radius 1 is 1.03 bits per heavy atom. The molecule has 1 amide bonds. The van der Waals surface area contributed by atoms with Gasteiger partial charge in [0.1, 0.15) is 0 Å². The molecule has 2 aromatic carbocycles. The maximum absolute atomic E-state index is 12.6. The average molecular weight is 462 g/mol. The number of carbonyl (C=O) groups excluding carboxylic acids is 1. The van der Waals surface area contributed by atoms with Crippen molar-refractivity contribution in [2.75, 3.05) is 40.4 Å². The van der Waals surface area contributed by atoms with Gasteiger partial charge in [-0.25, -0.2) is 13.1 Å². The van der Waals surface area contributed by atoms with E-state index >= 15 is 0 Å². The number of ether oxygens (including phenoxy) is 2. The fourth-order valence-corrected chi connectivity index (χ4v) is 4.90. The zero-order valence-corrected chi connectivity index (χ0v) is 19.4. The van der Waals surface area contributed by atoms with Gasteiger partial charge in [-0.3, -0.25) is 9.69 Å². The third-order valence-electron chi connectivity index (χ3n) is 5.57. The van der Waals surface area contributed by atoms with Crippen LogP contribution in [0.15, 0.2) is 53.4 Å². The summed E-state index contributed by atoms with van der Waals surface area (Å²) in [5.74, 6) is 0.568. The topological polar surface area (TPSA) is 97.0 Å². The monoisotopic (exact) mass is 461 g/mol. The zero-order chi connectivity index (χ0) is 23.0. The first-order valence-electron chi connectivity index (χ1n) is 10.7. The van der Waals surface area contributed by atoms with Crippen molar-refractivity contribution in [2.24, 2.45) is 0 Å². The Balaban J connectivity index is 1.53. The molecule has 0 saturated carbocycles. The fraction of sp³-hybridized carbons (Fsp3) is 0.435. The van der Waals surface area contributed by atoms with E-state index in [-0.39, 0.29) is 29.8 Å².